The van der Waals surface area contributed by atoms with Crippen LogP contribution in [0.25, 0.3) is 0 Å². The predicted octanol–water partition coefficient (Wildman–Crippen LogP) is 1.87. The number of ether oxygens (including phenoxy) is 2. The molecule has 0 aliphatic carbocycles. The molecule has 0 aromatic heterocycles. The summed E-state index contributed by atoms with van der Waals surface area (Å²) in [7, 11) is 1.43. The van der Waals surface area contributed by atoms with Crippen LogP contribution in [0, 0.1) is 10.1 Å². The summed E-state index contributed by atoms with van der Waals surface area (Å²) in [5, 5.41) is 14.2. The van der Waals surface area contributed by atoms with E-state index in [2.05, 4.69) is 5.32 Å². The maximum absolute atomic E-state index is 10.9. The third kappa shape index (κ3) is 3.65. The summed E-state index contributed by atoms with van der Waals surface area (Å²) in [5.41, 5.74) is 0.865. The van der Waals surface area contributed by atoms with Gasteiger partial charge in [0.25, 0.3) is 0 Å². The van der Waals surface area contributed by atoms with E-state index in [-0.39, 0.29) is 17.5 Å². The number of nitro groups is 1. The third-order valence-electron chi connectivity index (χ3n) is 3.17. The van der Waals surface area contributed by atoms with Crippen LogP contribution in [-0.4, -0.2) is 31.3 Å². The molecule has 1 atom stereocenters. The molecule has 0 amide bonds. The van der Waals surface area contributed by atoms with Gasteiger partial charge in [0, 0.05) is 25.8 Å². The highest BCUT2D eigenvalue weighted by molar-refractivity contribution is 5.48. The van der Waals surface area contributed by atoms with Crippen molar-refractivity contribution >= 4 is 5.69 Å². The van der Waals surface area contributed by atoms with Gasteiger partial charge in [-0.05, 0) is 24.5 Å². The summed E-state index contributed by atoms with van der Waals surface area (Å²) in [6, 6.07) is 5.00. The minimum Gasteiger partial charge on any atom is -0.490 e. The highest BCUT2D eigenvalue weighted by atomic mass is 16.6. The Balaban J connectivity index is 1.92. The summed E-state index contributed by atoms with van der Waals surface area (Å²) >= 11 is 0. The van der Waals surface area contributed by atoms with Crippen LogP contribution in [0.1, 0.15) is 18.4 Å². The van der Waals surface area contributed by atoms with Crippen molar-refractivity contribution in [2.75, 3.05) is 20.3 Å². The molecule has 1 saturated heterocycles. The lowest BCUT2D eigenvalue weighted by Gasteiger charge is -2.11. The standard InChI is InChI=1S/C13H18N2O4/c1-18-13-5-4-10(7-12(13)15(16)17)8-14-9-11-3-2-6-19-11/h4-5,7,11,14H,2-3,6,8-9H2,1H3. The Labute approximate surface area is 111 Å². The fraction of sp³-hybridized carbons (Fsp3) is 0.538. The smallest absolute Gasteiger partial charge is 0.311 e. The number of hydrogen-bond acceptors (Lipinski definition) is 5. The Hall–Kier alpha value is -1.66. The van der Waals surface area contributed by atoms with E-state index in [1.807, 2.05) is 6.07 Å². The topological polar surface area (TPSA) is 73.6 Å². The Morgan fingerprint density at radius 2 is 2.42 bits per heavy atom. The van der Waals surface area contributed by atoms with Gasteiger partial charge in [-0.25, -0.2) is 0 Å². The van der Waals surface area contributed by atoms with Crippen molar-refractivity contribution in [3.05, 3.63) is 33.9 Å². The molecule has 1 heterocycles. The first-order valence-electron chi connectivity index (χ1n) is 6.34. The maximum Gasteiger partial charge on any atom is 0.311 e. The van der Waals surface area contributed by atoms with E-state index in [9.17, 15) is 10.1 Å². The molecular weight excluding hydrogens is 248 g/mol. The fourth-order valence-electron chi connectivity index (χ4n) is 2.17. The Kier molecular flexibility index (Phi) is 4.70. The van der Waals surface area contributed by atoms with Gasteiger partial charge in [-0.1, -0.05) is 6.07 Å². The molecule has 19 heavy (non-hydrogen) atoms. The number of hydrogen-bond donors (Lipinski definition) is 1. The van der Waals surface area contributed by atoms with Gasteiger partial charge in [0.2, 0.25) is 0 Å². The summed E-state index contributed by atoms with van der Waals surface area (Å²) in [6.45, 7) is 2.20. The van der Waals surface area contributed by atoms with Gasteiger partial charge >= 0.3 is 5.69 Å². The molecule has 6 nitrogen and oxygen atoms in total. The lowest BCUT2D eigenvalue weighted by atomic mass is 10.1. The van der Waals surface area contributed by atoms with E-state index >= 15 is 0 Å². The number of nitro benzene ring substituents is 1. The highest BCUT2D eigenvalue weighted by Gasteiger charge is 2.16. The lowest BCUT2D eigenvalue weighted by Crippen LogP contribution is -2.25. The van der Waals surface area contributed by atoms with Crippen molar-refractivity contribution in [1.82, 2.24) is 5.32 Å². The minimum atomic E-state index is -0.428. The first-order chi connectivity index (χ1) is 9.20. The van der Waals surface area contributed by atoms with E-state index in [0.717, 1.165) is 31.6 Å². The molecule has 6 heteroatoms. The molecule has 2 rings (SSSR count). The first kappa shape index (κ1) is 13.8. The average Bonchev–Trinajstić information content (AvgIpc) is 2.91. The summed E-state index contributed by atoms with van der Waals surface area (Å²) < 4.78 is 10.5. The molecule has 1 aromatic rings. The fourth-order valence-corrected chi connectivity index (χ4v) is 2.17. The van der Waals surface area contributed by atoms with Crippen LogP contribution in [0.5, 0.6) is 5.75 Å². The number of nitrogens with zero attached hydrogens (tertiary/aromatic N) is 1. The van der Waals surface area contributed by atoms with Crippen LogP contribution in [-0.2, 0) is 11.3 Å². The Bertz CT molecular complexity index is 444. The van der Waals surface area contributed by atoms with Gasteiger partial charge in [-0.2, -0.15) is 0 Å². The number of rotatable bonds is 6. The molecule has 0 bridgehead atoms. The van der Waals surface area contributed by atoms with Crippen LogP contribution in [0.2, 0.25) is 0 Å². The molecule has 1 unspecified atom stereocenters. The zero-order valence-corrected chi connectivity index (χ0v) is 10.9. The Morgan fingerprint density at radius 3 is 3.05 bits per heavy atom. The number of nitrogens with one attached hydrogen (secondary N) is 1. The van der Waals surface area contributed by atoms with Gasteiger partial charge in [-0.15, -0.1) is 0 Å². The van der Waals surface area contributed by atoms with Crippen molar-refractivity contribution in [2.45, 2.75) is 25.5 Å². The molecule has 0 radical (unpaired) electrons. The van der Waals surface area contributed by atoms with Gasteiger partial charge in [0.1, 0.15) is 0 Å². The average molecular weight is 266 g/mol. The third-order valence-corrected chi connectivity index (χ3v) is 3.17. The largest absolute Gasteiger partial charge is 0.490 e. The van der Waals surface area contributed by atoms with Crippen LogP contribution >= 0.6 is 0 Å². The van der Waals surface area contributed by atoms with E-state index in [0.29, 0.717) is 6.54 Å². The van der Waals surface area contributed by atoms with Crippen molar-refractivity contribution < 1.29 is 14.4 Å². The Morgan fingerprint density at radius 1 is 1.58 bits per heavy atom. The molecule has 1 aromatic carbocycles. The van der Waals surface area contributed by atoms with E-state index in [4.69, 9.17) is 9.47 Å². The SMILES string of the molecule is COc1ccc(CNCC2CCCO2)cc1[N+](=O)[O-]. The second-order valence-electron chi connectivity index (χ2n) is 4.53. The predicted molar refractivity (Wildman–Crippen MR) is 70.3 cm³/mol. The second kappa shape index (κ2) is 6.49. The van der Waals surface area contributed by atoms with E-state index in [1.54, 1.807) is 12.1 Å². The van der Waals surface area contributed by atoms with E-state index < -0.39 is 4.92 Å². The quantitative estimate of drug-likeness (QED) is 0.628. The number of benzene rings is 1. The molecule has 104 valence electrons. The van der Waals surface area contributed by atoms with Crippen LogP contribution < -0.4 is 10.1 Å². The molecule has 1 aliphatic rings. The van der Waals surface area contributed by atoms with Gasteiger partial charge in [0.05, 0.1) is 18.1 Å². The summed E-state index contributed by atoms with van der Waals surface area (Å²) in [4.78, 5) is 10.5. The van der Waals surface area contributed by atoms with Crippen molar-refractivity contribution in [3.8, 4) is 5.75 Å². The summed E-state index contributed by atoms with van der Waals surface area (Å²) in [5.74, 6) is 0.285. The second-order valence-corrected chi connectivity index (χ2v) is 4.53. The van der Waals surface area contributed by atoms with Crippen LogP contribution in [0.3, 0.4) is 0 Å². The first-order valence-corrected chi connectivity index (χ1v) is 6.34. The molecule has 1 N–H and O–H groups in total. The van der Waals surface area contributed by atoms with Gasteiger partial charge in [0.15, 0.2) is 5.75 Å². The number of methoxy groups -OCH3 is 1. The zero-order valence-electron chi connectivity index (χ0n) is 10.9. The van der Waals surface area contributed by atoms with Gasteiger partial charge in [-0.3, -0.25) is 10.1 Å². The monoisotopic (exact) mass is 266 g/mol. The molecule has 0 spiro atoms. The van der Waals surface area contributed by atoms with Crippen molar-refractivity contribution in [1.29, 1.82) is 0 Å². The van der Waals surface area contributed by atoms with Crippen molar-refractivity contribution in [3.63, 3.8) is 0 Å². The molecule has 1 fully saturated rings. The van der Waals surface area contributed by atoms with Crippen molar-refractivity contribution in [2.24, 2.45) is 0 Å². The lowest BCUT2D eigenvalue weighted by molar-refractivity contribution is -0.385. The summed E-state index contributed by atoms with van der Waals surface area (Å²) in [6.07, 6.45) is 2.46. The molecule has 1 aliphatic heterocycles. The highest BCUT2D eigenvalue weighted by Crippen LogP contribution is 2.27. The molecule has 0 saturated carbocycles. The normalized spacial score (nSPS) is 18.5. The van der Waals surface area contributed by atoms with Crippen LogP contribution in [0.15, 0.2) is 18.2 Å². The molecular formula is C13H18N2O4. The van der Waals surface area contributed by atoms with E-state index in [1.165, 1.54) is 7.11 Å². The zero-order chi connectivity index (χ0) is 13.7. The van der Waals surface area contributed by atoms with Crippen LogP contribution in [0.4, 0.5) is 5.69 Å². The minimum absolute atomic E-state index is 0.00100. The van der Waals surface area contributed by atoms with Gasteiger partial charge < -0.3 is 14.8 Å². The maximum atomic E-state index is 10.9.